The van der Waals surface area contributed by atoms with Crippen molar-refractivity contribution < 1.29 is 4.74 Å². The normalized spacial score (nSPS) is 16.6. The van der Waals surface area contributed by atoms with E-state index in [1.54, 1.807) is 0 Å². The number of hydrogen-bond donors (Lipinski definition) is 0. The number of benzene rings is 2. The maximum absolute atomic E-state index is 5.67. The molecule has 1 fully saturated rings. The molecule has 0 atom stereocenters. The van der Waals surface area contributed by atoms with Crippen molar-refractivity contribution in [1.29, 1.82) is 0 Å². The maximum atomic E-state index is 5.67. The monoisotopic (exact) mass is 306 g/mol. The van der Waals surface area contributed by atoms with Crippen molar-refractivity contribution in [3.63, 3.8) is 0 Å². The van der Waals surface area contributed by atoms with Gasteiger partial charge in [-0.25, -0.2) is 0 Å². The highest BCUT2D eigenvalue weighted by molar-refractivity contribution is 5.84. The minimum Gasteiger partial charge on any atom is -0.481 e. The highest BCUT2D eigenvalue weighted by Gasteiger charge is 2.31. The van der Waals surface area contributed by atoms with E-state index in [2.05, 4.69) is 55.2 Å². The summed E-state index contributed by atoms with van der Waals surface area (Å²) in [5, 5.41) is 2.56. The molecule has 0 saturated heterocycles. The first-order valence-corrected chi connectivity index (χ1v) is 8.84. The van der Waals surface area contributed by atoms with Crippen molar-refractivity contribution in [2.75, 3.05) is 6.61 Å². The van der Waals surface area contributed by atoms with E-state index in [0.29, 0.717) is 12.0 Å². The smallest absolute Gasteiger partial charge is 0.149 e. The zero-order valence-electron chi connectivity index (χ0n) is 14.3. The molecule has 0 spiro atoms. The van der Waals surface area contributed by atoms with Gasteiger partial charge in [-0.1, -0.05) is 56.4 Å². The van der Waals surface area contributed by atoms with Crippen molar-refractivity contribution in [1.82, 2.24) is 0 Å². The third kappa shape index (κ3) is 3.37. The van der Waals surface area contributed by atoms with Gasteiger partial charge in [-0.3, -0.25) is 0 Å². The third-order valence-corrected chi connectivity index (χ3v) is 5.40. The van der Waals surface area contributed by atoms with Crippen LogP contribution in [0.25, 0.3) is 10.8 Å². The van der Waals surface area contributed by atoms with Crippen LogP contribution in [-0.2, 0) is 5.41 Å². The molecular formula is C22H26O. The predicted octanol–water partition coefficient (Wildman–Crippen LogP) is 5.85. The number of ether oxygens (including phenoxy) is 1. The van der Waals surface area contributed by atoms with Gasteiger partial charge in [0.2, 0.25) is 0 Å². The van der Waals surface area contributed by atoms with Crippen LogP contribution in [-0.4, -0.2) is 6.61 Å². The van der Waals surface area contributed by atoms with Gasteiger partial charge in [-0.15, -0.1) is 5.92 Å². The summed E-state index contributed by atoms with van der Waals surface area (Å²) >= 11 is 0. The molecular weight excluding hydrogens is 280 g/mol. The average Bonchev–Trinajstić information content (AvgIpc) is 2.62. The van der Waals surface area contributed by atoms with Crippen LogP contribution >= 0.6 is 0 Å². The van der Waals surface area contributed by atoms with Crippen LogP contribution in [0.1, 0.15) is 57.9 Å². The van der Waals surface area contributed by atoms with Gasteiger partial charge < -0.3 is 4.74 Å². The molecule has 0 amide bonds. The highest BCUT2D eigenvalue weighted by atomic mass is 16.5. The van der Waals surface area contributed by atoms with Crippen molar-refractivity contribution in [3.8, 4) is 17.6 Å². The maximum Gasteiger partial charge on any atom is 0.149 e. The first kappa shape index (κ1) is 15.9. The SMILES string of the molecule is CC#CCOc1ccc2cc(C3(CC)CCCCC3)ccc2c1. The second kappa shape index (κ2) is 7.09. The Kier molecular flexibility index (Phi) is 4.91. The zero-order chi connectivity index (χ0) is 16.1. The van der Waals surface area contributed by atoms with Gasteiger partial charge in [0.15, 0.2) is 0 Å². The van der Waals surface area contributed by atoms with E-state index in [0.717, 1.165) is 5.75 Å². The van der Waals surface area contributed by atoms with E-state index in [-0.39, 0.29) is 0 Å². The molecule has 1 aliphatic rings. The van der Waals surface area contributed by atoms with Crippen LogP contribution < -0.4 is 4.74 Å². The Balaban J connectivity index is 1.89. The van der Waals surface area contributed by atoms with E-state index in [9.17, 15) is 0 Å². The van der Waals surface area contributed by atoms with Crippen molar-refractivity contribution in [2.24, 2.45) is 0 Å². The Hall–Kier alpha value is -1.94. The first-order valence-electron chi connectivity index (χ1n) is 8.84. The van der Waals surface area contributed by atoms with Gasteiger partial charge in [0, 0.05) is 0 Å². The zero-order valence-corrected chi connectivity index (χ0v) is 14.3. The molecule has 0 bridgehead atoms. The molecule has 1 saturated carbocycles. The first-order chi connectivity index (χ1) is 11.3. The lowest BCUT2D eigenvalue weighted by molar-refractivity contribution is 0.283. The Bertz CT molecular complexity index is 726. The average molecular weight is 306 g/mol. The predicted molar refractivity (Wildman–Crippen MR) is 97.9 cm³/mol. The Labute approximate surface area is 140 Å². The lowest BCUT2D eigenvalue weighted by atomic mass is 9.67. The number of rotatable bonds is 4. The van der Waals surface area contributed by atoms with Gasteiger partial charge in [0.1, 0.15) is 12.4 Å². The van der Waals surface area contributed by atoms with E-state index in [1.807, 2.05) is 6.92 Å². The van der Waals surface area contributed by atoms with E-state index in [4.69, 9.17) is 4.74 Å². The van der Waals surface area contributed by atoms with Crippen LogP contribution in [0.2, 0.25) is 0 Å². The van der Waals surface area contributed by atoms with Crippen molar-refractivity contribution in [2.45, 2.75) is 57.8 Å². The fourth-order valence-electron chi connectivity index (χ4n) is 3.91. The molecule has 0 unspecified atom stereocenters. The molecule has 0 heterocycles. The fraction of sp³-hybridized carbons (Fsp3) is 0.455. The van der Waals surface area contributed by atoms with E-state index >= 15 is 0 Å². The molecule has 0 radical (unpaired) electrons. The van der Waals surface area contributed by atoms with Gasteiger partial charge >= 0.3 is 0 Å². The molecule has 0 N–H and O–H groups in total. The largest absolute Gasteiger partial charge is 0.481 e. The molecule has 120 valence electrons. The van der Waals surface area contributed by atoms with E-state index in [1.165, 1.54) is 54.9 Å². The summed E-state index contributed by atoms with van der Waals surface area (Å²) in [6.07, 6.45) is 8.07. The lowest BCUT2D eigenvalue weighted by Gasteiger charge is -2.37. The Morgan fingerprint density at radius 3 is 2.48 bits per heavy atom. The minimum atomic E-state index is 0.401. The molecule has 2 aromatic rings. The second-order valence-corrected chi connectivity index (χ2v) is 6.63. The standard InChI is InChI=1S/C22H26O/c1-3-5-15-23-21-12-10-18-16-20(11-9-19(18)17-21)22(4-2)13-7-6-8-14-22/h9-12,16-17H,4,6-8,13-15H2,1-2H3. The molecule has 1 aliphatic carbocycles. The van der Waals surface area contributed by atoms with E-state index < -0.39 is 0 Å². The molecule has 1 heteroatoms. The van der Waals surface area contributed by atoms with Crippen LogP contribution in [0.4, 0.5) is 0 Å². The molecule has 3 rings (SSSR count). The van der Waals surface area contributed by atoms with Gasteiger partial charge in [-0.05, 0) is 60.1 Å². The third-order valence-electron chi connectivity index (χ3n) is 5.40. The van der Waals surface area contributed by atoms with Crippen LogP contribution in [0.15, 0.2) is 36.4 Å². The minimum absolute atomic E-state index is 0.401. The topological polar surface area (TPSA) is 9.23 Å². The van der Waals surface area contributed by atoms with Gasteiger partial charge in [-0.2, -0.15) is 0 Å². The summed E-state index contributed by atoms with van der Waals surface area (Å²) < 4.78 is 5.67. The summed E-state index contributed by atoms with van der Waals surface area (Å²) in [6, 6.07) is 13.4. The molecule has 23 heavy (non-hydrogen) atoms. The lowest BCUT2D eigenvalue weighted by Crippen LogP contribution is -2.28. The summed E-state index contributed by atoms with van der Waals surface area (Å²) in [5.74, 6) is 6.69. The molecule has 0 aromatic heterocycles. The summed E-state index contributed by atoms with van der Waals surface area (Å²) in [7, 11) is 0. The highest BCUT2D eigenvalue weighted by Crippen LogP contribution is 2.42. The van der Waals surface area contributed by atoms with Crippen molar-refractivity contribution >= 4 is 10.8 Å². The van der Waals surface area contributed by atoms with Crippen LogP contribution in [0.3, 0.4) is 0 Å². The molecule has 0 aliphatic heterocycles. The molecule has 2 aromatic carbocycles. The second-order valence-electron chi connectivity index (χ2n) is 6.63. The fourth-order valence-corrected chi connectivity index (χ4v) is 3.91. The summed E-state index contributed by atoms with van der Waals surface area (Å²) in [5.41, 5.74) is 1.93. The van der Waals surface area contributed by atoms with Crippen LogP contribution in [0, 0.1) is 11.8 Å². The summed E-state index contributed by atoms with van der Waals surface area (Å²) in [4.78, 5) is 0. The number of hydrogen-bond acceptors (Lipinski definition) is 1. The number of fused-ring (bicyclic) bond motifs is 1. The summed E-state index contributed by atoms with van der Waals surface area (Å²) in [6.45, 7) is 4.64. The van der Waals surface area contributed by atoms with Gasteiger partial charge in [0.05, 0.1) is 0 Å². The van der Waals surface area contributed by atoms with Gasteiger partial charge in [0.25, 0.3) is 0 Å². The van der Waals surface area contributed by atoms with Crippen LogP contribution in [0.5, 0.6) is 5.75 Å². The van der Waals surface area contributed by atoms with Crippen molar-refractivity contribution in [3.05, 3.63) is 42.0 Å². The quantitative estimate of drug-likeness (QED) is 0.643. The Morgan fingerprint density at radius 2 is 1.74 bits per heavy atom. The Morgan fingerprint density at radius 1 is 1.00 bits per heavy atom. The molecule has 1 nitrogen and oxygen atoms in total.